The molecule has 0 bridgehead atoms. The molecule has 0 radical (unpaired) electrons. The summed E-state index contributed by atoms with van der Waals surface area (Å²) in [5.41, 5.74) is 0.528. The van der Waals surface area contributed by atoms with Gasteiger partial charge in [0.25, 0.3) is 5.91 Å². The summed E-state index contributed by atoms with van der Waals surface area (Å²) < 4.78 is 38.7. The van der Waals surface area contributed by atoms with Crippen molar-refractivity contribution in [3.8, 4) is 17.2 Å². The van der Waals surface area contributed by atoms with Crippen molar-refractivity contribution < 1.29 is 22.7 Å². The second kappa shape index (κ2) is 7.40. The minimum Gasteiger partial charge on any atom is -0.494 e. The van der Waals surface area contributed by atoms with Gasteiger partial charge in [-0.25, -0.2) is 13.8 Å². The summed E-state index contributed by atoms with van der Waals surface area (Å²) >= 11 is 1.13. The number of anilines is 1. The van der Waals surface area contributed by atoms with Gasteiger partial charge in [-0.05, 0) is 43.3 Å². The number of furan rings is 1. The molecule has 1 N–H and O–H groups in total. The maximum atomic E-state index is 13.7. The quantitative estimate of drug-likeness (QED) is 0.481. The Hall–Kier alpha value is -3.26. The zero-order valence-electron chi connectivity index (χ0n) is 14.7. The molecule has 0 aliphatic rings. The first-order chi connectivity index (χ1) is 13.5. The Morgan fingerprint density at radius 1 is 1.21 bits per heavy atom. The number of nitrogens with one attached hydrogen (secondary N) is 1. The highest BCUT2D eigenvalue weighted by Crippen LogP contribution is 2.32. The third kappa shape index (κ3) is 3.46. The second-order valence-electron chi connectivity index (χ2n) is 5.83. The van der Waals surface area contributed by atoms with E-state index in [1.54, 1.807) is 11.4 Å². The highest BCUT2D eigenvalue weighted by atomic mass is 32.1. The normalized spacial score (nSPS) is 11.0. The summed E-state index contributed by atoms with van der Waals surface area (Å²) in [6.45, 7) is 2.47. The fourth-order valence-electron chi connectivity index (χ4n) is 2.72. The molecule has 2 heterocycles. The average molecular weight is 400 g/mol. The van der Waals surface area contributed by atoms with Gasteiger partial charge in [0.05, 0.1) is 6.61 Å². The van der Waals surface area contributed by atoms with Crippen molar-refractivity contribution in [2.75, 3.05) is 11.9 Å². The number of hydrogen-bond donors (Lipinski definition) is 1. The Morgan fingerprint density at radius 2 is 2.00 bits per heavy atom. The van der Waals surface area contributed by atoms with E-state index in [1.807, 2.05) is 25.1 Å². The van der Waals surface area contributed by atoms with Crippen LogP contribution in [0.2, 0.25) is 0 Å². The number of rotatable bonds is 5. The summed E-state index contributed by atoms with van der Waals surface area (Å²) in [4.78, 5) is 16.5. The molecule has 0 aliphatic carbocycles. The third-order valence-corrected chi connectivity index (χ3v) is 4.72. The summed E-state index contributed by atoms with van der Waals surface area (Å²) in [6, 6.07) is 10.5. The Balaban J connectivity index is 1.57. The van der Waals surface area contributed by atoms with E-state index in [4.69, 9.17) is 9.15 Å². The molecule has 0 atom stereocenters. The van der Waals surface area contributed by atoms with Crippen molar-refractivity contribution >= 4 is 33.3 Å². The molecule has 142 valence electrons. The van der Waals surface area contributed by atoms with Gasteiger partial charge in [-0.2, -0.15) is 0 Å². The number of aromatic nitrogens is 1. The number of fused-ring (bicyclic) bond motifs is 1. The van der Waals surface area contributed by atoms with Crippen LogP contribution in [0.15, 0.2) is 52.3 Å². The predicted octanol–water partition coefficient (Wildman–Crippen LogP) is 5.49. The van der Waals surface area contributed by atoms with Crippen LogP contribution in [-0.4, -0.2) is 17.5 Å². The number of thiazole rings is 1. The monoisotopic (exact) mass is 400 g/mol. The standard InChI is InChI=1S/C20H14F2N2O3S/c1-2-26-12-6-7-16-11(8-12)9-17(27-16)15-10-28-20(23-15)24-19(25)18-13(21)4-3-5-14(18)22/h3-10H,2H2,1H3,(H,23,24,25). The average Bonchev–Trinajstić information content (AvgIpc) is 3.28. The number of hydrogen-bond acceptors (Lipinski definition) is 5. The Labute approximate surface area is 162 Å². The van der Waals surface area contributed by atoms with E-state index in [0.29, 0.717) is 23.6 Å². The number of amides is 1. The SMILES string of the molecule is CCOc1ccc2oc(-c3csc(NC(=O)c4c(F)cccc4F)n3)cc2c1. The lowest BCUT2D eigenvalue weighted by atomic mass is 10.2. The van der Waals surface area contributed by atoms with Crippen LogP contribution >= 0.6 is 11.3 Å². The summed E-state index contributed by atoms with van der Waals surface area (Å²) in [7, 11) is 0. The molecule has 0 aliphatic heterocycles. The maximum absolute atomic E-state index is 13.7. The largest absolute Gasteiger partial charge is 0.494 e. The minimum atomic E-state index is -0.934. The molecule has 4 aromatic rings. The maximum Gasteiger partial charge on any atom is 0.263 e. The molecule has 28 heavy (non-hydrogen) atoms. The Kier molecular flexibility index (Phi) is 4.79. The van der Waals surface area contributed by atoms with Crippen molar-refractivity contribution in [2.24, 2.45) is 0 Å². The highest BCUT2D eigenvalue weighted by molar-refractivity contribution is 7.14. The number of nitrogens with zero attached hydrogens (tertiary/aromatic N) is 1. The molecule has 0 saturated carbocycles. The van der Waals surface area contributed by atoms with Gasteiger partial charge in [-0.1, -0.05) is 6.07 Å². The van der Waals surface area contributed by atoms with Gasteiger partial charge in [0.1, 0.15) is 34.2 Å². The molecule has 1 amide bonds. The van der Waals surface area contributed by atoms with Crippen LogP contribution in [0.4, 0.5) is 13.9 Å². The summed E-state index contributed by atoms with van der Waals surface area (Å²) in [6.07, 6.45) is 0. The third-order valence-electron chi connectivity index (χ3n) is 3.97. The zero-order valence-corrected chi connectivity index (χ0v) is 15.5. The number of halogens is 2. The van der Waals surface area contributed by atoms with Crippen LogP contribution in [0.25, 0.3) is 22.4 Å². The van der Waals surface area contributed by atoms with Crippen molar-refractivity contribution in [1.29, 1.82) is 0 Å². The molecular weight excluding hydrogens is 386 g/mol. The molecule has 0 unspecified atom stereocenters. The Morgan fingerprint density at radius 3 is 2.75 bits per heavy atom. The van der Waals surface area contributed by atoms with Crippen LogP contribution in [0.5, 0.6) is 5.75 Å². The molecular formula is C20H14F2N2O3S. The van der Waals surface area contributed by atoms with E-state index in [0.717, 1.165) is 34.6 Å². The number of ether oxygens (including phenoxy) is 1. The predicted molar refractivity (Wildman–Crippen MR) is 103 cm³/mol. The molecule has 0 spiro atoms. The van der Waals surface area contributed by atoms with E-state index in [2.05, 4.69) is 10.3 Å². The lowest BCUT2D eigenvalue weighted by molar-refractivity contribution is 0.101. The fraction of sp³-hybridized carbons (Fsp3) is 0.100. The number of carbonyl (C=O) groups is 1. The molecule has 0 saturated heterocycles. The molecule has 5 nitrogen and oxygen atoms in total. The van der Waals surface area contributed by atoms with Gasteiger partial charge in [0.2, 0.25) is 0 Å². The lowest BCUT2D eigenvalue weighted by Gasteiger charge is -2.04. The highest BCUT2D eigenvalue weighted by Gasteiger charge is 2.19. The zero-order chi connectivity index (χ0) is 19.7. The first-order valence-electron chi connectivity index (χ1n) is 8.43. The second-order valence-corrected chi connectivity index (χ2v) is 6.69. The number of benzene rings is 2. The molecule has 0 fully saturated rings. The van der Waals surface area contributed by atoms with E-state index < -0.39 is 23.1 Å². The number of carbonyl (C=O) groups excluding carboxylic acids is 1. The molecule has 4 rings (SSSR count). The summed E-state index contributed by atoms with van der Waals surface area (Å²) in [5.74, 6) is -1.52. The van der Waals surface area contributed by atoms with E-state index in [9.17, 15) is 13.6 Å². The van der Waals surface area contributed by atoms with Crippen LogP contribution < -0.4 is 10.1 Å². The van der Waals surface area contributed by atoms with Crippen LogP contribution in [-0.2, 0) is 0 Å². The first-order valence-corrected chi connectivity index (χ1v) is 9.31. The van der Waals surface area contributed by atoms with Crippen molar-refractivity contribution in [3.63, 3.8) is 0 Å². The van der Waals surface area contributed by atoms with Gasteiger partial charge in [-0.15, -0.1) is 11.3 Å². The van der Waals surface area contributed by atoms with E-state index >= 15 is 0 Å². The van der Waals surface area contributed by atoms with E-state index in [-0.39, 0.29) is 5.13 Å². The molecule has 8 heteroatoms. The topological polar surface area (TPSA) is 64.4 Å². The van der Waals surface area contributed by atoms with Crippen LogP contribution in [0, 0.1) is 11.6 Å². The Bertz CT molecular complexity index is 1150. The van der Waals surface area contributed by atoms with Crippen LogP contribution in [0.1, 0.15) is 17.3 Å². The van der Waals surface area contributed by atoms with Gasteiger partial charge < -0.3 is 9.15 Å². The van der Waals surface area contributed by atoms with Crippen molar-refractivity contribution in [2.45, 2.75) is 6.92 Å². The van der Waals surface area contributed by atoms with Crippen LogP contribution in [0.3, 0.4) is 0 Å². The molecule has 2 aromatic carbocycles. The first kappa shape index (κ1) is 18.1. The summed E-state index contributed by atoms with van der Waals surface area (Å²) in [5, 5.41) is 5.17. The smallest absolute Gasteiger partial charge is 0.263 e. The lowest BCUT2D eigenvalue weighted by Crippen LogP contribution is -2.15. The van der Waals surface area contributed by atoms with Crippen molar-refractivity contribution in [3.05, 3.63) is 65.0 Å². The van der Waals surface area contributed by atoms with Gasteiger partial charge in [-0.3, -0.25) is 10.1 Å². The molecule has 2 aromatic heterocycles. The minimum absolute atomic E-state index is 0.207. The fourth-order valence-corrected chi connectivity index (χ4v) is 3.42. The van der Waals surface area contributed by atoms with Gasteiger partial charge in [0.15, 0.2) is 10.9 Å². The van der Waals surface area contributed by atoms with Gasteiger partial charge >= 0.3 is 0 Å². The van der Waals surface area contributed by atoms with Crippen molar-refractivity contribution in [1.82, 2.24) is 4.98 Å². The van der Waals surface area contributed by atoms with Gasteiger partial charge in [0, 0.05) is 10.8 Å². The van der Waals surface area contributed by atoms with E-state index in [1.165, 1.54) is 6.07 Å².